The maximum absolute atomic E-state index is 6.24. The van der Waals surface area contributed by atoms with E-state index in [1.54, 1.807) is 17.3 Å². The zero-order valence-electron chi connectivity index (χ0n) is 11.7. The van der Waals surface area contributed by atoms with Crippen molar-refractivity contribution in [3.05, 3.63) is 64.4 Å². The summed E-state index contributed by atoms with van der Waals surface area (Å²) in [6, 6.07) is 11.0. The molecule has 1 heterocycles. The number of pyridine rings is 1. The summed E-state index contributed by atoms with van der Waals surface area (Å²) in [7, 11) is 0. The second-order valence-electron chi connectivity index (χ2n) is 6.19. The normalized spacial score (nSPS) is 27.6. The quantitative estimate of drug-likeness (QED) is 0.699. The Morgan fingerprint density at radius 1 is 1.29 bits per heavy atom. The first-order chi connectivity index (χ1) is 10.3. The van der Waals surface area contributed by atoms with Gasteiger partial charge in [0.05, 0.1) is 5.02 Å². The Hall–Kier alpha value is -0.860. The molecule has 0 spiro atoms. The zero-order chi connectivity index (χ0) is 14.4. The largest absolute Gasteiger partial charge is 0.263 e. The number of aryl methyl sites for hydroxylation is 1. The molecule has 2 aliphatic carbocycles. The molecule has 2 aliphatic rings. The van der Waals surface area contributed by atoms with Gasteiger partial charge in [-0.25, -0.2) is 0 Å². The van der Waals surface area contributed by atoms with Crippen molar-refractivity contribution < 1.29 is 0 Å². The Morgan fingerprint density at radius 3 is 3.00 bits per heavy atom. The first-order valence-electron chi connectivity index (χ1n) is 7.56. The Kier molecular flexibility index (Phi) is 3.55. The maximum Gasteiger partial charge on any atom is 0.0621 e. The highest BCUT2D eigenvalue weighted by molar-refractivity contribution is 9.09. The predicted molar refractivity (Wildman–Crippen MR) is 90.2 cm³/mol. The number of hydrogen-bond donors (Lipinski definition) is 0. The average molecular weight is 363 g/mol. The number of hydrogen-bond acceptors (Lipinski definition) is 1. The van der Waals surface area contributed by atoms with E-state index in [-0.39, 0.29) is 0 Å². The van der Waals surface area contributed by atoms with Crippen molar-refractivity contribution in [2.75, 3.05) is 0 Å². The highest BCUT2D eigenvalue weighted by Gasteiger charge is 2.55. The molecule has 21 heavy (non-hydrogen) atoms. The second kappa shape index (κ2) is 5.40. The van der Waals surface area contributed by atoms with Gasteiger partial charge in [-0.15, -0.1) is 0 Å². The fourth-order valence-corrected chi connectivity index (χ4v) is 5.29. The summed E-state index contributed by atoms with van der Waals surface area (Å²) in [5.41, 5.74) is 4.34. The molecule has 2 aromatic rings. The molecule has 0 N–H and O–H groups in total. The summed E-state index contributed by atoms with van der Waals surface area (Å²) in [6.45, 7) is 0. The number of rotatable bonds is 3. The molecule has 0 amide bonds. The summed E-state index contributed by atoms with van der Waals surface area (Å²) in [4.78, 5) is 4.57. The van der Waals surface area contributed by atoms with Crippen LogP contribution in [-0.4, -0.2) is 9.81 Å². The van der Waals surface area contributed by atoms with Crippen LogP contribution in [0.2, 0.25) is 5.02 Å². The minimum absolute atomic E-state index is 0.499. The van der Waals surface area contributed by atoms with Crippen molar-refractivity contribution in [1.82, 2.24) is 4.98 Å². The van der Waals surface area contributed by atoms with Crippen LogP contribution in [0, 0.1) is 11.8 Å². The highest BCUT2D eigenvalue weighted by Crippen LogP contribution is 2.62. The molecular weight excluding hydrogens is 346 g/mol. The van der Waals surface area contributed by atoms with Gasteiger partial charge in [-0.1, -0.05) is 51.8 Å². The Morgan fingerprint density at radius 2 is 2.14 bits per heavy atom. The number of nitrogens with zero attached hydrogens (tertiary/aromatic N) is 1. The van der Waals surface area contributed by atoms with Crippen molar-refractivity contribution in [2.45, 2.75) is 30.0 Å². The van der Waals surface area contributed by atoms with Crippen LogP contribution in [0.5, 0.6) is 0 Å². The van der Waals surface area contributed by atoms with Gasteiger partial charge < -0.3 is 0 Å². The van der Waals surface area contributed by atoms with Crippen molar-refractivity contribution in [1.29, 1.82) is 0 Å². The van der Waals surface area contributed by atoms with Crippen LogP contribution in [0.3, 0.4) is 0 Å². The van der Waals surface area contributed by atoms with Crippen LogP contribution in [0.1, 0.15) is 29.0 Å². The van der Waals surface area contributed by atoms with Gasteiger partial charge in [0.2, 0.25) is 0 Å². The molecular formula is C18H17BrClN. The topological polar surface area (TPSA) is 12.9 Å². The summed E-state index contributed by atoms with van der Waals surface area (Å²) in [5.74, 6) is 2.35. The summed E-state index contributed by atoms with van der Waals surface area (Å²) >= 11 is 10.2. The Labute approximate surface area is 138 Å². The molecule has 4 atom stereocenters. The molecule has 1 aromatic carbocycles. The van der Waals surface area contributed by atoms with Gasteiger partial charge in [0.25, 0.3) is 0 Å². The summed E-state index contributed by atoms with van der Waals surface area (Å²) in [5, 5.41) is 0.783. The van der Waals surface area contributed by atoms with Gasteiger partial charge >= 0.3 is 0 Å². The van der Waals surface area contributed by atoms with Crippen molar-refractivity contribution in [3.63, 3.8) is 0 Å². The molecule has 0 aliphatic heterocycles. The number of aromatic nitrogens is 1. The molecule has 4 unspecified atom stereocenters. The minimum atomic E-state index is 0.499. The van der Waals surface area contributed by atoms with E-state index in [9.17, 15) is 0 Å². The molecule has 1 saturated carbocycles. The van der Waals surface area contributed by atoms with E-state index in [2.05, 4.69) is 45.2 Å². The molecule has 0 bridgehead atoms. The van der Waals surface area contributed by atoms with Gasteiger partial charge in [-0.05, 0) is 59.8 Å². The standard InChI is InChI=1S/C18H17BrClN/c19-15(9-12-7-8-21-10-16(12)20)18-14-6-5-11-3-1-2-4-13(11)17(14)18/h1-4,7-8,10,14-15,17-18H,5-6,9H2. The average Bonchev–Trinajstić information content (AvgIpc) is 3.24. The molecule has 1 aromatic heterocycles. The number of benzene rings is 1. The summed E-state index contributed by atoms with van der Waals surface area (Å²) in [6.07, 6.45) is 7.13. The predicted octanol–water partition coefficient (Wildman–Crippen LogP) is 5.02. The fourth-order valence-electron chi connectivity index (χ4n) is 4.03. The number of alkyl halides is 1. The molecule has 4 rings (SSSR count). The molecule has 0 saturated heterocycles. The minimum Gasteiger partial charge on any atom is -0.263 e. The van der Waals surface area contributed by atoms with Crippen molar-refractivity contribution in [3.8, 4) is 0 Å². The summed E-state index contributed by atoms with van der Waals surface area (Å²) < 4.78 is 0. The van der Waals surface area contributed by atoms with E-state index in [4.69, 9.17) is 11.6 Å². The lowest BCUT2D eigenvalue weighted by atomic mass is 9.92. The smallest absolute Gasteiger partial charge is 0.0621 e. The maximum atomic E-state index is 6.24. The first kappa shape index (κ1) is 13.8. The van der Waals surface area contributed by atoms with Crippen LogP contribution in [0.15, 0.2) is 42.7 Å². The zero-order valence-corrected chi connectivity index (χ0v) is 14.0. The van der Waals surface area contributed by atoms with Crippen LogP contribution >= 0.6 is 27.5 Å². The van der Waals surface area contributed by atoms with Gasteiger partial charge in [-0.3, -0.25) is 4.98 Å². The SMILES string of the molecule is Clc1cnccc1CC(Br)C1C2CCc3ccccc3C21. The van der Waals surface area contributed by atoms with E-state index >= 15 is 0 Å². The molecule has 1 nitrogen and oxygen atoms in total. The van der Waals surface area contributed by atoms with Gasteiger partial charge in [-0.2, -0.15) is 0 Å². The molecule has 0 radical (unpaired) electrons. The van der Waals surface area contributed by atoms with Crippen molar-refractivity contribution in [2.24, 2.45) is 11.8 Å². The van der Waals surface area contributed by atoms with Crippen LogP contribution in [0.25, 0.3) is 0 Å². The van der Waals surface area contributed by atoms with Gasteiger partial charge in [0, 0.05) is 17.2 Å². The lowest BCUT2D eigenvalue weighted by Crippen LogP contribution is -2.08. The number of fused-ring (bicyclic) bond motifs is 3. The third-order valence-electron chi connectivity index (χ3n) is 5.08. The first-order valence-corrected chi connectivity index (χ1v) is 8.85. The highest BCUT2D eigenvalue weighted by atomic mass is 79.9. The number of halogens is 2. The monoisotopic (exact) mass is 361 g/mol. The van der Waals surface area contributed by atoms with E-state index in [1.807, 2.05) is 12.3 Å². The van der Waals surface area contributed by atoms with Crippen molar-refractivity contribution >= 4 is 27.5 Å². The third-order valence-corrected chi connectivity index (χ3v) is 6.35. The van der Waals surface area contributed by atoms with Crippen LogP contribution < -0.4 is 0 Å². The Balaban J connectivity index is 1.53. The third kappa shape index (κ3) is 2.43. The van der Waals surface area contributed by atoms with Crippen LogP contribution in [0.4, 0.5) is 0 Å². The van der Waals surface area contributed by atoms with E-state index in [0.29, 0.717) is 4.83 Å². The van der Waals surface area contributed by atoms with Crippen LogP contribution in [-0.2, 0) is 12.8 Å². The second-order valence-corrected chi connectivity index (χ2v) is 7.78. The molecule has 108 valence electrons. The molecule has 3 heteroatoms. The lowest BCUT2D eigenvalue weighted by molar-refractivity contribution is 0.617. The fraction of sp³-hybridized carbons (Fsp3) is 0.389. The van der Waals surface area contributed by atoms with Gasteiger partial charge in [0.15, 0.2) is 0 Å². The van der Waals surface area contributed by atoms with E-state index in [1.165, 1.54) is 18.4 Å². The van der Waals surface area contributed by atoms with E-state index < -0.39 is 0 Å². The van der Waals surface area contributed by atoms with E-state index in [0.717, 1.165) is 29.2 Å². The Bertz CT molecular complexity index is 672. The lowest BCUT2D eigenvalue weighted by Gasteiger charge is -2.13. The van der Waals surface area contributed by atoms with Gasteiger partial charge in [0.1, 0.15) is 0 Å². The molecule has 1 fully saturated rings.